The summed E-state index contributed by atoms with van der Waals surface area (Å²) in [4.78, 5) is 12.7. The molecule has 0 spiro atoms. The number of hydrogen-bond acceptors (Lipinski definition) is 4. The van der Waals surface area contributed by atoms with Gasteiger partial charge in [0.1, 0.15) is 5.82 Å². The highest BCUT2D eigenvalue weighted by molar-refractivity contribution is 7.91. The summed E-state index contributed by atoms with van der Waals surface area (Å²) in [5.74, 6) is -1.46. The molecule has 1 heterocycles. The Morgan fingerprint density at radius 1 is 1.35 bits per heavy atom. The monoisotopic (exact) mass is 301 g/mol. The van der Waals surface area contributed by atoms with Crippen molar-refractivity contribution in [3.05, 3.63) is 35.6 Å². The fourth-order valence-electron chi connectivity index (χ4n) is 2.34. The zero-order chi connectivity index (χ0) is 14.8. The molecule has 1 aliphatic rings. The van der Waals surface area contributed by atoms with Gasteiger partial charge in [-0.1, -0.05) is 12.1 Å². The molecule has 1 aromatic carbocycles. The van der Waals surface area contributed by atoms with Gasteiger partial charge in [0.25, 0.3) is 0 Å². The van der Waals surface area contributed by atoms with Crippen molar-refractivity contribution in [3.8, 4) is 0 Å². The summed E-state index contributed by atoms with van der Waals surface area (Å²) in [6.45, 7) is 0.728. The molecule has 0 aliphatic carbocycles. The highest BCUT2D eigenvalue weighted by atomic mass is 32.2. The third-order valence-electron chi connectivity index (χ3n) is 3.36. The van der Waals surface area contributed by atoms with Crippen molar-refractivity contribution in [1.29, 1.82) is 0 Å². The van der Waals surface area contributed by atoms with Crippen LogP contribution in [-0.4, -0.2) is 48.5 Å². The summed E-state index contributed by atoms with van der Waals surface area (Å²) in [7, 11) is -3.17. The first kappa shape index (κ1) is 14.9. The maximum absolute atomic E-state index is 12.8. The summed E-state index contributed by atoms with van der Waals surface area (Å²) in [6.07, 6.45) is -0.208. The lowest BCUT2D eigenvalue weighted by Crippen LogP contribution is -2.48. The molecular weight excluding hydrogens is 285 g/mol. The maximum atomic E-state index is 12.8. The van der Waals surface area contributed by atoms with Crippen molar-refractivity contribution >= 4 is 15.8 Å². The molecule has 1 fully saturated rings. The van der Waals surface area contributed by atoms with Gasteiger partial charge in [0.15, 0.2) is 9.84 Å². The number of rotatable bonds is 4. The average Bonchev–Trinajstić information content (AvgIpc) is 2.34. The second-order valence-electron chi connectivity index (χ2n) is 4.96. The van der Waals surface area contributed by atoms with E-state index in [-0.39, 0.29) is 23.7 Å². The summed E-state index contributed by atoms with van der Waals surface area (Å²) >= 11 is 0. The van der Waals surface area contributed by atoms with Crippen molar-refractivity contribution < 1.29 is 22.7 Å². The quantitative estimate of drug-likeness (QED) is 0.894. The maximum Gasteiger partial charge on any atom is 0.304 e. The van der Waals surface area contributed by atoms with E-state index in [1.165, 1.54) is 12.1 Å². The predicted molar refractivity (Wildman–Crippen MR) is 71.5 cm³/mol. The van der Waals surface area contributed by atoms with Gasteiger partial charge >= 0.3 is 5.97 Å². The molecule has 5 nitrogen and oxygen atoms in total. The Morgan fingerprint density at radius 3 is 2.60 bits per heavy atom. The lowest BCUT2D eigenvalue weighted by molar-refractivity contribution is -0.138. The highest BCUT2D eigenvalue weighted by Gasteiger charge is 2.32. The zero-order valence-corrected chi connectivity index (χ0v) is 11.6. The van der Waals surface area contributed by atoms with Crippen LogP contribution in [-0.2, 0) is 21.2 Å². The minimum atomic E-state index is -3.17. The Bertz CT molecular complexity index is 585. The first-order valence-electron chi connectivity index (χ1n) is 6.26. The van der Waals surface area contributed by atoms with Crippen LogP contribution in [0.15, 0.2) is 24.3 Å². The summed E-state index contributed by atoms with van der Waals surface area (Å²) < 4.78 is 36.1. The molecule has 1 aromatic rings. The van der Waals surface area contributed by atoms with Gasteiger partial charge in [0.05, 0.1) is 17.9 Å². The molecule has 1 atom stereocenters. The van der Waals surface area contributed by atoms with E-state index in [0.29, 0.717) is 13.1 Å². The first-order valence-corrected chi connectivity index (χ1v) is 8.08. The van der Waals surface area contributed by atoms with Crippen molar-refractivity contribution in [2.75, 3.05) is 18.1 Å². The molecule has 0 saturated carbocycles. The van der Waals surface area contributed by atoms with Gasteiger partial charge in [-0.25, -0.2) is 12.8 Å². The van der Waals surface area contributed by atoms with Crippen LogP contribution in [0.5, 0.6) is 0 Å². The van der Waals surface area contributed by atoms with Gasteiger partial charge in [-0.2, -0.15) is 0 Å². The van der Waals surface area contributed by atoms with Gasteiger partial charge < -0.3 is 5.11 Å². The fraction of sp³-hybridized carbons (Fsp3) is 0.462. The van der Waals surface area contributed by atoms with Gasteiger partial charge in [0.2, 0.25) is 0 Å². The van der Waals surface area contributed by atoms with Gasteiger partial charge in [-0.15, -0.1) is 0 Å². The lowest BCUT2D eigenvalue weighted by atomic mass is 10.1. The van der Waals surface area contributed by atoms with Crippen molar-refractivity contribution in [3.63, 3.8) is 0 Å². The lowest BCUT2D eigenvalue weighted by Gasteiger charge is -2.34. The molecule has 7 heteroatoms. The topological polar surface area (TPSA) is 74.7 Å². The Labute approximate surface area is 116 Å². The van der Waals surface area contributed by atoms with Crippen molar-refractivity contribution in [1.82, 2.24) is 4.90 Å². The molecule has 110 valence electrons. The molecular formula is C13H16FNO4S. The Kier molecular flexibility index (Phi) is 4.39. The third-order valence-corrected chi connectivity index (χ3v) is 5.06. The number of benzene rings is 1. The van der Waals surface area contributed by atoms with E-state index >= 15 is 0 Å². The predicted octanol–water partition coefficient (Wildman–Crippen LogP) is 0.899. The van der Waals surface area contributed by atoms with E-state index in [9.17, 15) is 17.6 Å². The van der Waals surface area contributed by atoms with Crippen LogP contribution in [0.3, 0.4) is 0 Å². The fourth-order valence-corrected chi connectivity index (χ4v) is 3.94. The average molecular weight is 301 g/mol. The van der Waals surface area contributed by atoms with Crippen molar-refractivity contribution in [2.45, 2.75) is 19.0 Å². The number of carbonyl (C=O) groups is 1. The second kappa shape index (κ2) is 5.88. The van der Waals surface area contributed by atoms with E-state index in [4.69, 9.17) is 5.11 Å². The molecule has 0 aromatic heterocycles. The SMILES string of the molecule is O=C(O)CC1CS(=O)(=O)CCN1Cc1ccc(F)cc1. The van der Waals surface area contributed by atoms with Crippen LogP contribution in [0.25, 0.3) is 0 Å². The molecule has 1 N–H and O–H groups in total. The Balaban J connectivity index is 2.11. The standard InChI is InChI=1S/C13H16FNO4S/c14-11-3-1-10(2-4-11)8-15-5-6-20(18,19)9-12(15)7-13(16)17/h1-4,12H,5-9H2,(H,16,17). The molecule has 0 radical (unpaired) electrons. The van der Waals surface area contributed by atoms with Crippen molar-refractivity contribution in [2.24, 2.45) is 0 Å². The van der Waals surface area contributed by atoms with E-state index < -0.39 is 21.8 Å². The van der Waals surface area contributed by atoms with Gasteiger partial charge in [0, 0.05) is 19.1 Å². The molecule has 1 unspecified atom stereocenters. The molecule has 0 amide bonds. The van der Waals surface area contributed by atoms with Crippen LogP contribution >= 0.6 is 0 Å². The van der Waals surface area contributed by atoms with Gasteiger partial charge in [-0.3, -0.25) is 9.69 Å². The number of aliphatic carboxylic acids is 1. The van der Waals surface area contributed by atoms with E-state index in [0.717, 1.165) is 5.56 Å². The number of nitrogens with zero attached hydrogens (tertiary/aromatic N) is 1. The molecule has 0 bridgehead atoms. The van der Waals surface area contributed by atoms with Crippen LogP contribution in [0.1, 0.15) is 12.0 Å². The van der Waals surface area contributed by atoms with E-state index in [1.807, 2.05) is 4.90 Å². The van der Waals surface area contributed by atoms with Crippen LogP contribution in [0.2, 0.25) is 0 Å². The third kappa shape index (κ3) is 4.01. The molecule has 20 heavy (non-hydrogen) atoms. The Morgan fingerprint density at radius 2 is 2.00 bits per heavy atom. The number of halogens is 1. The van der Waals surface area contributed by atoms with Gasteiger partial charge in [-0.05, 0) is 17.7 Å². The summed E-state index contributed by atoms with van der Waals surface area (Å²) in [6, 6.07) is 5.38. The minimum Gasteiger partial charge on any atom is -0.481 e. The highest BCUT2D eigenvalue weighted by Crippen LogP contribution is 2.18. The molecule has 2 rings (SSSR count). The smallest absolute Gasteiger partial charge is 0.304 e. The first-order chi connectivity index (χ1) is 9.35. The second-order valence-corrected chi connectivity index (χ2v) is 7.19. The zero-order valence-electron chi connectivity index (χ0n) is 10.8. The normalized spacial score (nSPS) is 22.6. The van der Waals surface area contributed by atoms with E-state index in [1.54, 1.807) is 12.1 Å². The number of carboxylic acid groups (broad SMARTS) is 1. The minimum absolute atomic E-state index is 0.0321. The summed E-state index contributed by atoms with van der Waals surface area (Å²) in [5, 5.41) is 8.89. The van der Waals surface area contributed by atoms with Crippen LogP contribution in [0.4, 0.5) is 4.39 Å². The number of hydrogen-bond donors (Lipinski definition) is 1. The number of sulfone groups is 1. The molecule has 1 saturated heterocycles. The Hall–Kier alpha value is -1.47. The number of carboxylic acids is 1. The summed E-state index contributed by atoms with van der Waals surface area (Å²) in [5.41, 5.74) is 0.834. The van der Waals surface area contributed by atoms with Crippen LogP contribution in [0, 0.1) is 5.82 Å². The molecule has 1 aliphatic heterocycles. The van der Waals surface area contributed by atoms with Crippen LogP contribution < -0.4 is 0 Å². The van der Waals surface area contributed by atoms with E-state index in [2.05, 4.69) is 0 Å². The largest absolute Gasteiger partial charge is 0.481 e.